The lowest BCUT2D eigenvalue weighted by molar-refractivity contribution is -0.138. The molecule has 0 rings (SSSR count). The number of carbonyl (C=O) groups is 2. The molecule has 0 aliphatic heterocycles. The highest BCUT2D eigenvalue weighted by Crippen LogP contribution is 2.08. The van der Waals surface area contributed by atoms with Gasteiger partial charge in [0.15, 0.2) is 0 Å². The van der Waals surface area contributed by atoms with Crippen molar-refractivity contribution in [2.45, 2.75) is 58.4 Å². The Kier molecular flexibility index (Phi) is 9.28. The van der Waals surface area contributed by atoms with Crippen LogP contribution in [-0.4, -0.2) is 29.6 Å². The number of carboxylic acid groups (broad SMARTS) is 1. The van der Waals surface area contributed by atoms with Crippen molar-refractivity contribution in [3.63, 3.8) is 0 Å². The summed E-state index contributed by atoms with van der Waals surface area (Å²) in [6, 6.07) is -0.279. The van der Waals surface area contributed by atoms with Gasteiger partial charge < -0.3 is 16.2 Å². The Balaban J connectivity index is 3.84. The minimum atomic E-state index is -0.878. The van der Waals surface area contributed by atoms with Crippen molar-refractivity contribution in [3.05, 3.63) is 0 Å². The van der Waals surface area contributed by atoms with E-state index in [0.29, 0.717) is 13.0 Å². The third-order valence-corrected chi connectivity index (χ3v) is 2.90. The molecule has 1 atom stereocenters. The Morgan fingerprint density at radius 3 is 2.28 bits per heavy atom. The summed E-state index contributed by atoms with van der Waals surface area (Å²) in [4.78, 5) is 22.3. The van der Waals surface area contributed by atoms with E-state index in [4.69, 9.17) is 10.8 Å². The topological polar surface area (TPSA) is 92.4 Å². The van der Waals surface area contributed by atoms with E-state index in [-0.39, 0.29) is 24.3 Å². The lowest BCUT2D eigenvalue weighted by Gasteiger charge is -2.20. The molecule has 1 unspecified atom stereocenters. The van der Waals surface area contributed by atoms with Crippen molar-refractivity contribution >= 4 is 11.9 Å². The molecule has 0 bridgehead atoms. The molecule has 0 saturated heterocycles. The first-order chi connectivity index (χ1) is 8.47. The third kappa shape index (κ3) is 8.98. The molecule has 4 N–H and O–H groups in total. The van der Waals surface area contributed by atoms with Gasteiger partial charge >= 0.3 is 5.97 Å². The number of aliphatic carboxylic acids is 1. The number of hydrogen-bond acceptors (Lipinski definition) is 3. The molecule has 0 aromatic heterocycles. The molecule has 0 radical (unpaired) electrons. The molecule has 0 aromatic rings. The van der Waals surface area contributed by atoms with Gasteiger partial charge in [0.2, 0.25) is 5.91 Å². The van der Waals surface area contributed by atoms with E-state index in [2.05, 4.69) is 5.32 Å². The molecule has 0 aromatic carbocycles. The fourth-order valence-electron chi connectivity index (χ4n) is 1.70. The van der Waals surface area contributed by atoms with E-state index in [1.807, 2.05) is 13.8 Å². The summed E-state index contributed by atoms with van der Waals surface area (Å²) < 4.78 is 0. The lowest BCUT2D eigenvalue weighted by Crippen LogP contribution is -2.39. The lowest BCUT2D eigenvalue weighted by atomic mass is 10.0. The average Bonchev–Trinajstić information content (AvgIpc) is 2.27. The summed E-state index contributed by atoms with van der Waals surface area (Å²) in [5, 5.41) is 11.5. The Hall–Kier alpha value is -1.10. The largest absolute Gasteiger partial charge is 0.481 e. The summed E-state index contributed by atoms with van der Waals surface area (Å²) in [6.45, 7) is 4.52. The van der Waals surface area contributed by atoms with Crippen LogP contribution in [0.4, 0.5) is 0 Å². The summed E-state index contributed by atoms with van der Waals surface area (Å²) >= 11 is 0. The molecular formula is C13H26N2O3. The fraction of sp³-hybridized carbons (Fsp3) is 0.846. The monoisotopic (exact) mass is 258 g/mol. The minimum absolute atomic E-state index is 0.0173. The number of nitrogens with one attached hydrogen (secondary N) is 1. The number of hydrogen-bond donors (Lipinski definition) is 3. The van der Waals surface area contributed by atoms with Crippen LogP contribution < -0.4 is 11.1 Å². The number of carboxylic acids is 1. The number of amides is 1. The smallest absolute Gasteiger partial charge is 0.305 e. The highest BCUT2D eigenvalue weighted by Gasteiger charge is 2.18. The summed E-state index contributed by atoms with van der Waals surface area (Å²) in [5.41, 5.74) is 5.38. The second-order valence-electron chi connectivity index (χ2n) is 4.97. The van der Waals surface area contributed by atoms with Gasteiger partial charge in [0.25, 0.3) is 0 Å². The van der Waals surface area contributed by atoms with Crippen molar-refractivity contribution in [2.75, 3.05) is 6.54 Å². The van der Waals surface area contributed by atoms with Crippen molar-refractivity contribution in [1.82, 2.24) is 5.32 Å². The van der Waals surface area contributed by atoms with Crippen LogP contribution in [0.3, 0.4) is 0 Å². The molecule has 5 heteroatoms. The minimum Gasteiger partial charge on any atom is -0.481 e. The number of nitrogens with two attached hydrogens (primary N) is 1. The molecule has 0 aliphatic carbocycles. The predicted octanol–water partition coefficient (Wildman–Crippen LogP) is 1.51. The van der Waals surface area contributed by atoms with Gasteiger partial charge in [-0.15, -0.1) is 0 Å². The van der Waals surface area contributed by atoms with Crippen LogP contribution in [-0.2, 0) is 9.59 Å². The van der Waals surface area contributed by atoms with Gasteiger partial charge in [0.05, 0.1) is 6.42 Å². The van der Waals surface area contributed by atoms with Gasteiger partial charge in [-0.3, -0.25) is 9.59 Å². The molecule has 5 nitrogen and oxygen atoms in total. The maximum atomic E-state index is 11.6. The first-order valence-electron chi connectivity index (χ1n) is 6.68. The predicted molar refractivity (Wildman–Crippen MR) is 71.2 cm³/mol. The van der Waals surface area contributed by atoms with Crippen LogP contribution in [0, 0.1) is 5.92 Å². The van der Waals surface area contributed by atoms with E-state index in [0.717, 1.165) is 25.7 Å². The summed E-state index contributed by atoms with van der Waals surface area (Å²) in [7, 11) is 0. The number of rotatable bonds is 10. The quantitative estimate of drug-likeness (QED) is 0.518. The molecule has 0 fully saturated rings. The molecule has 0 heterocycles. The summed E-state index contributed by atoms with van der Waals surface area (Å²) in [6.07, 6.45) is 4.32. The van der Waals surface area contributed by atoms with Gasteiger partial charge in [0.1, 0.15) is 0 Å². The van der Waals surface area contributed by atoms with Gasteiger partial charge in [-0.25, -0.2) is 0 Å². The van der Waals surface area contributed by atoms with Gasteiger partial charge in [-0.1, -0.05) is 26.7 Å². The van der Waals surface area contributed by atoms with Crippen LogP contribution in [0.1, 0.15) is 52.4 Å². The maximum absolute atomic E-state index is 11.6. The zero-order valence-corrected chi connectivity index (χ0v) is 11.4. The van der Waals surface area contributed by atoms with E-state index in [1.54, 1.807) is 0 Å². The Labute approximate surface area is 109 Å². The molecule has 106 valence electrons. The SMILES string of the molecule is CC(C)C(CC(=O)O)NC(=O)CCCCCCN. The van der Waals surface area contributed by atoms with Crippen LogP contribution >= 0.6 is 0 Å². The molecule has 0 saturated carbocycles. The molecular weight excluding hydrogens is 232 g/mol. The standard InChI is InChI=1S/C13H26N2O3/c1-10(2)11(9-13(17)18)15-12(16)7-5-3-4-6-8-14/h10-11H,3-9,14H2,1-2H3,(H,15,16)(H,17,18). The zero-order chi connectivity index (χ0) is 14.0. The zero-order valence-electron chi connectivity index (χ0n) is 11.4. The van der Waals surface area contributed by atoms with Crippen LogP contribution in [0.25, 0.3) is 0 Å². The Morgan fingerprint density at radius 2 is 1.78 bits per heavy atom. The normalized spacial score (nSPS) is 12.4. The number of unbranched alkanes of at least 4 members (excludes halogenated alkanes) is 3. The third-order valence-electron chi connectivity index (χ3n) is 2.90. The van der Waals surface area contributed by atoms with Gasteiger partial charge in [0, 0.05) is 12.5 Å². The maximum Gasteiger partial charge on any atom is 0.305 e. The van der Waals surface area contributed by atoms with E-state index in [1.165, 1.54) is 0 Å². The second kappa shape index (κ2) is 9.88. The first kappa shape index (κ1) is 16.9. The fourth-order valence-corrected chi connectivity index (χ4v) is 1.70. The molecule has 0 aliphatic rings. The highest BCUT2D eigenvalue weighted by atomic mass is 16.4. The molecule has 0 spiro atoms. The van der Waals surface area contributed by atoms with Gasteiger partial charge in [-0.05, 0) is 25.3 Å². The summed E-state index contributed by atoms with van der Waals surface area (Å²) in [5.74, 6) is -0.804. The molecule has 18 heavy (non-hydrogen) atoms. The first-order valence-corrected chi connectivity index (χ1v) is 6.68. The highest BCUT2D eigenvalue weighted by molar-refractivity contribution is 5.77. The number of carbonyl (C=O) groups excluding carboxylic acids is 1. The molecule has 1 amide bonds. The Morgan fingerprint density at radius 1 is 1.17 bits per heavy atom. The van der Waals surface area contributed by atoms with E-state index < -0.39 is 5.97 Å². The average molecular weight is 258 g/mol. The Bertz CT molecular complexity index is 255. The van der Waals surface area contributed by atoms with Crippen LogP contribution in [0.5, 0.6) is 0 Å². The van der Waals surface area contributed by atoms with Gasteiger partial charge in [-0.2, -0.15) is 0 Å². The van der Waals surface area contributed by atoms with E-state index in [9.17, 15) is 9.59 Å². The van der Waals surface area contributed by atoms with Crippen LogP contribution in [0.2, 0.25) is 0 Å². The van der Waals surface area contributed by atoms with Crippen molar-refractivity contribution in [3.8, 4) is 0 Å². The van der Waals surface area contributed by atoms with Crippen molar-refractivity contribution in [1.29, 1.82) is 0 Å². The second-order valence-corrected chi connectivity index (χ2v) is 4.97. The van der Waals surface area contributed by atoms with Crippen molar-refractivity contribution in [2.24, 2.45) is 11.7 Å². The van der Waals surface area contributed by atoms with Crippen molar-refractivity contribution < 1.29 is 14.7 Å². The van der Waals surface area contributed by atoms with E-state index >= 15 is 0 Å². The van der Waals surface area contributed by atoms with Crippen LogP contribution in [0.15, 0.2) is 0 Å².